The van der Waals surface area contributed by atoms with E-state index >= 15 is 0 Å². The van der Waals surface area contributed by atoms with E-state index in [0.717, 1.165) is 31.2 Å². The van der Waals surface area contributed by atoms with Crippen LogP contribution in [0.5, 0.6) is 0 Å². The average molecular weight is 291 g/mol. The smallest absolute Gasteiger partial charge is 0.0544 e. The highest BCUT2D eigenvalue weighted by atomic mass is 15.1. The van der Waals surface area contributed by atoms with Crippen LogP contribution in [0.3, 0.4) is 0 Å². The van der Waals surface area contributed by atoms with Gasteiger partial charge in [0.15, 0.2) is 0 Å². The third-order valence-corrected chi connectivity index (χ3v) is 3.74. The van der Waals surface area contributed by atoms with Crippen molar-refractivity contribution in [1.82, 2.24) is 15.2 Å². The van der Waals surface area contributed by atoms with E-state index in [-0.39, 0.29) is 0 Å². The van der Waals surface area contributed by atoms with Gasteiger partial charge in [-0.25, -0.2) is 0 Å². The molecule has 21 heavy (non-hydrogen) atoms. The van der Waals surface area contributed by atoms with E-state index in [1.165, 1.54) is 12.0 Å². The number of pyridine rings is 1. The summed E-state index contributed by atoms with van der Waals surface area (Å²) >= 11 is 0. The Morgan fingerprint density at radius 3 is 2.33 bits per heavy atom. The zero-order chi connectivity index (χ0) is 15.8. The highest BCUT2D eigenvalue weighted by molar-refractivity contribution is 5.14. The molecule has 1 aromatic rings. The van der Waals surface area contributed by atoms with Gasteiger partial charge in [-0.1, -0.05) is 33.8 Å². The molecule has 0 bridgehead atoms. The number of aromatic nitrogens is 1. The standard InChI is InChI=1S/C18H33N3/c1-14(2)9-16(5)21(6)13-18-8-7-17(12-20-18)11-19-10-15(3)4/h7-8,12,14-16,19H,9-11,13H2,1-6H3. The van der Waals surface area contributed by atoms with E-state index in [0.29, 0.717) is 12.0 Å². The van der Waals surface area contributed by atoms with Crippen LogP contribution in [-0.4, -0.2) is 29.5 Å². The van der Waals surface area contributed by atoms with Crippen molar-refractivity contribution in [2.24, 2.45) is 11.8 Å². The second-order valence-electron chi connectivity index (χ2n) is 7.08. The summed E-state index contributed by atoms with van der Waals surface area (Å²) < 4.78 is 0. The van der Waals surface area contributed by atoms with Crippen molar-refractivity contribution in [2.75, 3.05) is 13.6 Å². The second-order valence-corrected chi connectivity index (χ2v) is 7.08. The van der Waals surface area contributed by atoms with Crippen LogP contribution in [0.2, 0.25) is 0 Å². The van der Waals surface area contributed by atoms with E-state index < -0.39 is 0 Å². The molecule has 0 aromatic carbocycles. The quantitative estimate of drug-likeness (QED) is 0.752. The van der Waals surface area contributed by atoms with Gasteiger partial charge >= 0.3 is 0 Å². The minimum Gasteiger partial charge on any atom is -0.312 e. The average Bonchev–Trinajstić information content (AvgIpc) is 2.39. The van der Waals surface area contributed by atoms with E-state index in [9.17, 15) is 0 Å². The molecule has 120 valence electrons. The molecule has 0 aliphatic heterocycles. The van der Waals surface area contributed by atoms with Crippen LogP contribution in [-0.2, 0) is 13.1 Å². The fraction of sp³-hybridized carbons (Fsp3) is 0.722. The van der Waals surface area contributed by atoms with Gasteiger partial charge in [-0.2, -0.15) is 0 Å². The maximum absolute atomic E-state index is 4.60. The predicted octanol–water partition coefficient (Wildman–Crippen LogP) is 3.69. The Balaban J connectivity index is 2.43. The van der Waals surface area contributed by atoms with Crippen LogP contribution in [0.15, 0.2) is 18.3 Å². The fourth-order valence-electron chi connectivity index (χ4n) is 2.43. The Morgan fingerprint density at radius 2 is 1.81 bits per heavy atom. The van der Waals surface area contributed by atoms with Crippen LogP contribution in [0.1, 0.15) is 52.3 Å². The summed E-state index contributed by atoms with van der Waals surface area (Å²) in [4.78, 5) is 6.98. The molecule has 0 amide bonds. The molecule has 0 saturated carbocycles. The number of hydrogen-bond donors (Lipinski definition) is 1. The summed E-state index contributed by atoms with van der Waals surface area (Å²) in [6, 6.07) is 4.95. The predicted molar refractivity (Wildman–Crippen MR) is 91.2 cm³/mol. The van der Waals surface area contributed by atoms with Crippen LogP contribution >= 0.6 is 0 Å². The first-order valence-electron chi connectivity index (χ1n) is 8.23. The third-order valence-electron chi connectivity index (χ3n) is 3.74. The lowest BCUT2D eigenvalue weighted by Gasteiger charge is -2.25. The molecule has 0 radical (unpaired) electrons. The molecule has 1 N–H and O–H groups in total. The molecular formula is C18H33N3. The van der Waals surface area contributed by atoms with Crippen molar-refractivity contribution in [3.63, 3.8) is 0 Å². The Hall–Kier alpha value is -0.930. The Bertz CT molecular complexity index is 384. The lowest BCUT2D eigenvalue weighted by molar-refractivity contribution is 0.218. The van der Waals surface area contributed by atoms with Gasteiger partial charge in [-0.3, -0.25) is 9.88 Å². The summed E-state index contributed by atoms with van der Waals surface area (Å²) in [6.45, 7) is 14.2. The van der Waals surface area contributed by atoms with Crippen molar-refractivity contribution >= 4 is 0 Å². The lowest BCUT2D eigenvalue weighted by Crippen LogP contribution is -2.30. The first-order chi connectivity index (χ1) is 9.88. The molecular weight excluding hydrogens is 258 g/mol. The molecule has 1 heterocycles. The van der Waals surface area contributed by atoms with E-state index in [4.69, 9.17) is 0 Å². The zero-order valence-corrected chi connectivity index (χ0v) is 14.7. The summed E-state index contributed by atoms with van der Waals surface area (Å²) in [5, 5.41) is 3.45. The van der Waals surface area contributed by atoms with E-state index in [1.54, 1.807) is 0 Å². The fourth-order valence-corrected chi connectivity index (χ4v) is 2.43. The highest BCUT2D eigenvalue weighted by Crippen LogP contribution is 2.12. The Kier molecular flexibility index (Phi) is 7.91. The number of hydrogen-bond acceptors (Lipinski definition) is 3. The summed E-state index contributed by atoms with van der Waals surface area (Å²) in [5.41, 5.74) is 2.41. The molecule has 1 rings (SSSR count). The van der Waals surface area contributed by atoms with Gasteiger partial charge in [0, 0.05) is 25.3 Å². The van der Waals surface area contributed by atoms with Gasteiger partial charge in [-0.15, -0.1) is 0 Å². The second kappa shape index (κ2) is 9.16. The van der Waals surface area contributed by atoms with Crippen LogP contribution in [0.25, 0.3) is 0 Å². The third kappa shape index (κ3) is 7.58. The number of nitrogens with one attached hydrogen (secondary N) is 1. The van der Waals surface area contributed by atoms with Crippen molar-refractivity contribution in [2.45, 2.75) is 60.2 Å². The maximum Gasteiger partial charge on any atom is 0.0544 e. The highest BCUT2D eigenvalue weighted by Gasteiger charge is 2.11. The van der Waals surface area contributed by atoms with Crippen molar-refractivity contribution in [3.8, 4) is 0 Å². The van der Waals surface area contributed by atoms with Gasteiger partial charge in [0.25, 0.3) is 0 Å². The molecule has 3 heteroatoms. The lowest BCUT2D eigenvalue weighted by atomic mass is 10.0. The largest absolute Gasteiger partial charge is 0.312 e. The van der Waals surface area contributed by atoms with E-state index in [1.807, 2.05) is 6.20 Å². The van der Waals surface area contributed by atoms with Gasteiger partial charge in [0.2, 0.25) is 0 Å². The topological polar surface area (TPSA) is 28.2 Å². The molecule has 1 unspecified atom stereocenters. The van der Waals surface area contributed by atoms with Crippen molar-refractivity contribution in [3.05, 3.63) is 29.6 Å². The summed E-state index contributed by atoms with van der Waals surface area (Å²) in [5.74, 6) is 1.43. The van der Waals surface area contributed by atoms with Gasteiger partial charge in [0.05, 0.1) is 5.69 Å². The molecule has 0 spiro atoms. The molecule has 0 fully saturated rings. The number of nitrogens with zero attached hydrogens (tertiary/aromatic N) is 2. The normalized spacial score (nSPS) is 13.4. The molecule has 0 aliphatic rings. The first-order valence-corrected chi connectivity index (χ1v) is 8.23. The van der Waals surface area contributed by atoms with Crippen LogP contribution in [0, 0.1) is 11.8 Å². The van der Waals surface area contributed by atoms with Gasteiger partial charge < -0.3 is 5.32 Å². The number of rotatable bonds is 9. The van der Waals surface area contributed by atoms with Gasteiger partial charge in [-0.05, 0) is 50.4 Å². The van der Waals surface area contributed by atoms with E-state index in [2.05, 4.69) is 69.0 Å². The van der Waals surface area contributed by atoms with Crippen molar-refractivity contribution in [1.29, 1.82) is 0 Å². The molecule has 1 atom stereocenters. The summed E-state index contributed by atoms with van der Waals surface area (Å²) in [7, 11) is 2.19. The minimum atomic E-state index is 0.596. The zero-order valence-electron chi connectivity index (χ0n) is 14.7. The Labute approximate surface area is 131 Å². The van der Waals surface area contributed by atoms with Gasteiger partial charge in [0.1, 0.15) is 0 Å². The monoisotopic (exact) mass is 291 g/mol. The maximum atomic E-state index is 4.60. The summed E-state index contributed by atoms with van der Waals surface area (Å²) in [6.07, 6.45) is 3.23. The van der Waals surface area contributed by atoms with Crippen molar-refractivity contribution < 1.29 is 0 Å². The van der Waals surface area contributed by atoms with Crippen LogP contribution in [0.4, 0.5) is 0 Å². The first kappa shape index (κ1) is 18.1. The molecule has 3 nitrogen and oxygen atoms in total. The SMILES string of the molecule is CC(C)CNCc1ccc(CN(C)C(C)CC(C)C)nc1. The molecule has 1 aromatic heterocycles. The van der Waals surface area contributed by atoms with Crippen LogP contribution < -0.4 is 5.32 Å². The Morgan fingerprint density at radius 1 is 1.10 bits per heavy atom. The molecule has 0 saturated heterocycles. The minimum absolute atomic E-state index is 0.596. The molecule has 0 aliphatic carbocycles.